The van der Waals surface area contributed by atoms with Crippen molar-refractivity contribution < 1.29 is 9.84 Å². The number of hydrogen-bond acceptors (Lipinski definition) is 3. The van der Waals surface area contributed by atoms with Crippen LogP contribution in [0.4, 0.5) is 0 Å². The Kier molecular flexibility index (Phi) is 5.28. The summed E-state index contributed by atoms with van der Waals surface area (Å²) in [4.78, 5) is 2.56. The van der Waals surface area contributed by atoms with Crippen LogP contribution in [-0.4, -0.2) is 36.8 Å². The maximum Gasteiger partial charge on any atom is 0.119 e. The number of nitrogens with zero attached hydrogens (tertiary/aromatic N) is 1. The lowest BCUT2D eigenvalue weighted by Gasteiger charge is -2.38. The van der Waals surface area contributed by atoms with E-state index in [0.29, 0.717) is 11.8 Å². The predicted octanol–water partition coefficient (Wildman–Crippen LogP) is 4.17. The number of aliphatic hydroxyl groups excluding tert-OH is 1. The van der Waals surface area contributed by atoms with Gasteiger partial charge in [-0.05, 0) is 73.5 Å². The van der Waals surface area contributed by atoms with Gasteiger partial charge in [0.25, 0.3) is 0 Å². The van der Waals surface area contributed by atoms with Crippen LogP contribution in [0, 0.1) is 5.92 Å². The highest BCUT2D eigenvalue weighted by Gasteiger charge is 2.31. The van der Waals surface area contributed by atoms with E-state index in [-0.39, 0.29) is 6.10 Å². The molecule has 1 N–H and O–H groups in total. The SMILES string of the molecule is COc1ccc2c(c1)CC[C@H](CN1CCC(c3ccccc3)CC1)[C@@H]2O. The fraction of sp³-hybridized carbons (Fsp3) is 0.478. The van der Waals surface area contributed by atoms with Crippen molar-refractivity contribution in [3.8, 4) is 5.75 Å². The van der Waals surface area contributed by atoms with Crippen LogP contribution in [0.15, 0.2) is 48.5 Å². The van der Waals surface area contributed by atoms with E-state index < -0.39 is 0 Å². The minimum Gasteiger partial charge on any atom is -0.497 e. The lowest BCUT2D eigenvalue weighted by atomic mass is 9.80. The molecule has 138 valence electrons. The topological polar surface area (TPSA) is 32.7 Å². The first-order valence-electron chi connectivity index (χ1n) is 9.87. The summed E-state index contributed by atoms with van der Waals surface area (Å²) in [6.45, 7) is 3.28. The minimum absolute atomic E-state index is 0.337. The fourth-order valence-corrected chi connectivity index (χ4v) is 4.66. The standard InChI is InChI=1S/C23H29NO2/c1-26-21-9-10-22-19(15-21)7-8-20(23(22)25)16-24-13-11-18(12-14-24)17-5-3-2-4-6-17/h2-6,9-10,15,18,20,23,25H,7-8,11-14,16H2,1H3/t20-,23+/m1/s1. The number of hydrogen-bond donors (Lipinski definition) is 1. The molecule has 0 unspecified atom stereocenters. The highest BCUT2D eigenvalue weighted by Crippen LogP contribution is 2.37. The molecule has 1 fully saturated rings. The Labute approximate surface area is 156 Å². The Hall–Kier alpha value is -1.84. The molecule has 0 saturated carbocycles. The van der Waals surface area contributed by atoms with E-state index in [0.717, 1.165) is 43.8 Å². The molecule has 2 aromatic rings. The van der Waals surface area contributed by atoms with E-state index in [1.807, 2.05) is 12.1 Å². The van der Waals surface area contributed by atoms with E-state index in [2.05, 4.69) is 41.3 Å². The van der Waals surface area contributed by atoms with Crippen LogP contribution in [-0.2, 0) is 6.42 Å². The molecule has 1 saturated heterocycles. The molecule has 1 aliphatic carbocycles. The second-order valence-electron chi connectivity index (χ2n) is 7.79. The molecule has 1 aliphatic heterocycles. The molecule has 0 spiro atoms. The number of piperidine rings is 1. The molecule has 1 heterocycles. The predicted molar refractivity (Wildman–Crippen MR) is 105 cm³/mol. The van der Waals surface area contributed by atoms with E-state index >= 15 is 0 Å². The highest BCUT2D eigenvalue weighted by molar-refractivity contribution is 5.38. The molecule has 2 aromatic carbocycles. The number of methoxy groups -OCH3 is 1. The molecular formula is C23H29NO2. The van der Waals surface area contributed by atoms with Gasteiger partial charge >= 0.3 is 0 Å². The average molecular weight is 351 g/mol. The lowest BCUT2D eigenvalue weighted by molar-refractivity contribution is 0.0587. The van der Waals surface area contributed by atoms with Gasteiger partial charge in [0.2, 0.25) is 0 Å². The summed E-state index contributed by atoms with van der Waals surface area (Å²) in [7, 11) is 1.70. The Bertz CT molecular complexity index is 722. The summed E-state index contributed by atoms with van der Waals surface area (Å²) in [5.41, 5.74) is 3.82. The number of ether oxygens (including phenoxy) is 1. The van der Waals surface area contributed by atoms with Gasteiger partial charge in [-0.1, -0.05) is 36.4 Å². The van der Waals surface area contributed by atoms with Gasteiger partial charge in [-0.25, -0.2) is 0 Å². The van der Waals surface area contributed by atoms with Crippen LogP contribution in [0.1, 0.15) is 48.0 Å². The van der Waals surface area contributed by atoms with Crippen molar-refractivity contribution in [2.75, 3.05) is 26.7 Å². The van der Waals surface area contributed by atoms with E-state index in [1.165, 1.54) is 24.0 Å². The molecule has 26 heavy (non-hydrogen) atoms. The minimum atomic E-state index is -0.350. The zero-order valence-corrected chi connectivity index (χ0v) is 15.6. The number of aryl methyl sites for hydroxylation is 1. The monoisotopic (exact) mass is 351 g/mol. The number of likely N-dealkylation sites (tertiary alicyclic amines) is 1. The van der Waals surface area contributed by atoms with Crippen LogP contribution in [0.5, 0.6) is 5.75 Å². The highest BCUT2D eigenvalue weighted by atomic mass is 16.5. The first kappa shape index (κ1) is 17.6. The Morgan fingerprint density at radius 3 is 2.54 bits per heavy atom. The third kappa shape index (κ3) is 3.65. The van der Waals surface area contributed by atoms with Crippen LogP contribution >= 0.6 is 0 Å². The summed E-state index contributed by atoms with van der Waals surface area (Å²) in [6.07, 6.45) is 4.19. The van der Waals surface area contributed by atoms with Crippen LogP contribution in [0.25, 0.3) is 0 Å². The van der Waals surface area contributed by atoms with Crippen molar-refractivity contribution in [3.05, 3.63) is 65.2 Å². The zero-order valence-electron chi connectivity index (χ0n) is 15.6. The molecule has 2 atom stereocenters. The van der Waals surface area contributed by atoms with Crippen molar-refractivity contribution in [2.24, 2.45) is 5.92 Å². The first-order chi connectivity index (χ1) is 12.7. The number of fused-ring (bicyclic) bond motifs is 1. The second kappa shape index (κ2) is 7.81. The maximum absolute atomic E-state index is 10.9. The van der Waals surface area contributed by atoms with E-state index in [4.69, 9.17) is 4.74 Å². The Morgan fingerprint density at radius 1 is 1.04 bits per heavy atom. The van der Waals surface area contributed by atoms with Crippen molar-refractivity contribution in [1.82, 2.24) is 4.90 Å². The summed E-state index contributed by atoms with van der Waals surface area (Å²) >= 11 is 0. The van der Waals surface area contributed by atoms with Crippen LogP contribution in [0.3, 0.4) is 0 Å². The smallest absolute Gasteiger partial charge is 0.119 e. The van der Waals surface area contributed by atoms with E-state index in [1.54, 1.807) is 7.11 Å². The van der Waals surface area contributed by atoms with Crippen molar-refractivity contribution in [2.45, 2.75) is 37.7 Å². The van der Waals surface area contributed by atoms with Gasteiger partial charge < -0.3 is 14.7 Å². The third-order valence-electron chi connectivity index (χ3n) is 6.25. The number of benzene rings is 2. The molecule has 0 amide bonds. The molecule has 2 aliphatic rings. The quantitative estimate of drug-likeness (QED) is 0.897. The van der Waals surface area contributed by atoms with Gasteiger partial charge in [-0.2, -0.15) is 0 Å². The molecule has 3 nitrogen and oxygen atoms in total. The number of rotatable bonds is 4. The normalized spacial score (nSPS) is 24.2. The molecule has 0 radical (unpaired) electrons. The second-order valence-corrected chi connectivity index (χ2v) is 7.79. The van der Waals surface area contributed by atoms with Gasteiger partial charge in [0.15, 0.2) is 0 Å². The van der Waals surface area contributed by atoms with Crippen LogP contribution in [0.2, 0.25) is 0 Å². The van der Waals surface area contributed by atoms with Crippen molar-refractivity contribution in [3.63, 3.8) is 0 Å². The molecule has 0 aromatic heterocycles. The first-order valence-corrected chi connectivity index (χ1v) is 9.87. The van der Waals surface area contributed by atoms with Crippen LogP contribution < -0.4 is 4.74 Å². The molecule has 4 rings (SSSR count). The van der Waals surface area contributed by atoms with Crippen molar-refractivity contribution >= 4 is 0 Å². The Balaban J connectivity index is 1.35. The lowest BCUT2D eigenvalue weighted by Crippen LogP contribution is -2.39. The van der Waals surface area contributed by atoms with Gasteiger partial charge in [0.05, 0.1) is 13.2 Å². The molecule has 3 heteroatoms. The summed E-state index contributed by atoms with van der Waals surface area (Å²) < 4.78 is 5.32. The summed E-state index contributed by atoms with van der Waals surface area (Å²) in [6, 6.07) is 17.0. The largest absolute Gasteiger partial charge is 0.497 e. The average Bonchev–Trinajstić information content (AvgIpc) is 2.71. The summed E-state index contributed by atoms with van der Waals surface area (Å²) in [5.74, 6) is 1.92. The number of aliphatic hydroxyl groups is 1. The van der Waals surface area contributed by atoms with Gasteiger partial charge in [0, 0.05) is 12.5 Å². The Morgan fingerprint density at radius 2 is 1.81 bits per heavy atom. The van der Waals surface area contributed by atoms with Crippen molar-refractivity contribution in [1.29, 1.82) is 0 Å². The molecule has 0 bridgehead atoms. The zero-order chi connectivity index (χ0) is 17.9. The maximum atomic E-state index is 10.9. The van der Waals surface area contributed by atoms with Gasteiger partial charge in [-0.3, -0.25) is 0 Å². The van der Waals surface area contributed by atoms with E-state index in [9.17, 15) is 5.11 Å². The fourth-order valence-electron chi connectivity index (χ4n) is 4.66. The third-order valence-corrected chi connectivity index (χ3v) is 6.25. The van der Waals surface area contributed by atoms with Gasteiger partial charge in [-0.15, -0.1) is 0 Å². The summed E-state index contributed by atoms with van der Waals surface area (Å²) in [5, 5.41) is 10.9. The molecular weight excluding hydrogens is 322 g/mol. The van der Waals surface area contributed by atoms with Gasteiger partial charge in [0.1, 0.15) is 5.75 Å².